The summed E-state index contributed by atoms with van der Waals surface area (Å²) in [4.78, 5) is 4.41. The van der Waals surface area contributed by atoms with Crippen molar-refractivity contribution in [1.29, 1.82) is 0 Å². The fourth-order valence-electron chi connectivity index (χ4n) is 3.82. The molecular formula is C27H31FN4S. The molecule has 0 aliphatic rings. The maximum Gasteiger partial charge on any atom is 0.123 e. The zero-order valence-corrected chi connectivity index (χ0v) is 20.5. The molecule has 0 aliphatic carbocycles. The molecule has 0 amide bonds. The Morgan fingerprint density at radius 1 is 1.24 bits per heavy atom. The van der Waals surface area contributed by atoms with Crippen molar-refractivity contribution in [3.63, 3.8) is 0 Å². The largest absolute Gasteiger partial charge is 0.378 e. The average Bonchev–Trinajstić information content (AvgIpc) is 3.27. The monoisotopic (exact) mass is 462 g/mol. The van der Waals surface area contributed by atoms with Gasteiger partial charge >= 0.3 is 0 Å². The average molecular weight is 463 g/mol. The summed E-state index contributed by atoms with van der Waals surface area (Å²) in [5.74, 6) is -0.274. The Hall–Kier alpha value is -3.12. The molecule has 0 radical (unpaired) electrons. The molecule has 172 valence electrons. The maximum absolute atomic E-state index is 13.4. The molecule has 0 bridgehead atoms. The van der Waals surface area contributed by atoms with Crippen LogP contribution in [0.5, 0.6) is 0 Å². The molecule has 3 rings (SSSR count). The lowest BCUT2D eigenvalue weighted by Gasteiger charge is -2.23. The van der Waals surface area contributed by atoms with E-state index in [2.05, 4.69) is 60.1 Å². The lowest BCUT2D eigenvalue weighted by molar-refractivity contribution is 0.585. The van der Waals surface area contributed by atoms with E-state index in [-0.39, 0.29) is 11.9 Å². The highest BCUT2D eigenvalue weighted by Gasteiger charge is 2.19. The molecule has 0 aliphatic heterocycles. The van der Waals surface area contributed by atoms with E-state index in [0.717, 1.165) is 46.1 Å². The Morgan fingerprint density at radius 3 is 2.61 bits per heavy atom. The van der Waals surface area contributed by atoms with Gasteiger partial charge < -0.3 is 5.32 Å². The molecule has 6 heteroatoms. The van der Waals surface area contributed by atoms with Crippen LogP contribution in [-0.2, 0) is 0 Å². The first-order valence-corrected chi connectivity index (χ1v) is 12.4. The van der Waals surface area contributed by atoms with Crippen molar-refractivity contribution in [2.45, 2.75) is 44.7 Å². The van der Waals surface area contributed by atoms with Crippen LogP contribution in [0.25, 0.3) is 17.3 Å². The van der Waals surface area contributed by atoms with Crippen LogP contribution in [0.4, 0.5) is 4.39 Å². The van der Waals surface area contributed by atoms with E-state index in [1.54, 1.807) is 34.7 Å². The van der Waals surface area contributed by atoms with Crippen molar-refractivity contribution in [1.82, 2.24) is 20.1 Å². The number of hydrogen-bond acceptors (Lipinski definition) is 4. The number of rotatable bonds is 10. The number of thioether (sulfide) groups is 1. The molecule has 0 fully saturated rings. The van der Waals surface area contributed by atoms with Crippen LogP contribution in [0, 0.1) is 5.82 Å². The van der Waals surface area contributed by atoms with Crippen LogP contribution in [-0.4, -0.2) is 21.0 Å². The SMILES string of the molecule is C=Cc1c(C(=C\C)/C(=C\CC)NC(CC)c2ccnc(SC)c2)cnn1-c1ccc(F)cc1. The lowest BCUT2D eigenvalue weighted by atomic mass is 9.99. The minimum Gasteiger partial charge on any atom is -0.378 e. The second kappa shape index (κ2) is 11.7. The van der Waals surface area contributed by atoms with Gasteiger partial charge in [-0.1, -0.05) is 32.6 Å². The molecule has 0 saturated heterocycles. The Labute approximate surface area is 200 Å². The van der Waals surface area contributed by atoms with Gasteiger partial charge in [-0.3, -0.25) is 0 Å². The van der Waals surface area contributed by atoms with Gasteiger partial charge in [-0.15, -0.1) is 11.8 Å². The van der Waals surface area contributed by atoms with Crippen molar-refractivity contribution in [2.75, 3.05) is 6.26 Å². The highest BCUT2D eigenvalue weighted by molar-refractivity contribution is 7.98. The van der Waals surface area contributed by atoms with Crippen LogP contribution >= 0.6 is 11.8 Å². The molecule has 1 aromatic carbocycles. The maximum atomic E-state index is 13.4. The van der Waals surface area contributed by atoms with Crippen LogP contribution in [0.3, 0.4) is 0 Å². The summed E-state index contributed by atoms with van der Waals surface area (Å²) in [7, 11) is 0. The summed E-state index contributed by atoms with van der Waals surface area (Å²) in [5.41, 5.74) is 5.93. The van der Waals surface area contributed by atoms with Gasteiger partial charge in [0.25, 0.3) is 0 Å². The van der Waals surface area contributed by atoms with Crippen molar-refractivity contribution in [2.24, 2.45) is 0 Å². The number of allylic oxidation sites excluding steroid dienone is 3. The third-order valence-corrected chi connectivity index (χ3v) is 6.10. The third-order valence-electron chi connectivity index (χ3n) is 5.46. The number of hydrogen-bond donors (Lipinski definition) is 1. The fraction of sp³-hybridized carbons (Fsp3) is 0.259. The van der Waals surface area contributed by atoms with Gasteiger partial charge in [-0.05, 0) is 74.1 Å². The van der Waals surface area contributed by atoms with Gasteiger partial charge in [0.05, 0.1) is 28.6 Å². The highest BCUT2D eigenvalue weighted by Crippen LogP contribution is 2.30. The lowest BCUT2D eigenvalue weighted by Crippen LogP contribution is -2.21. The molecule has 1 unspecified atom stereocenters. The number of halogens is 1. The van der Waals surface area contributed by atoms with Gasteiger partial charge in [0, 0.05) is 23.0 Å². The van der Waals surface area contributed by atoms with E-state index < -0.39 is 0 Å². The van der Waals surface area contributed by atoms with Crippen molar-refractivity contribution in [3.05, 3.63) is 95.9 Å². The summed E-state index contributed by atoms with van der Waals surface area (Å²) < 4.78 is 15.2. The zero-order valence-electron chi connectivity index (χ0n) is 19.7. The summed E-state index contributed by atoms with van der Waals surface area (Å²) in [5, 5.41) is 9.37. The number of benzene rings is 1. The molecule has 3 aromatic rings. The van der Waals surface area contributed by atoms with Gasteiger partial charge in [-0.2, -0.15) is 5.10 Å². The number of pyridine rings is 1. The van der Waals surface area contributed by atoms with Gasteiger partial charge in [-0.25, -0.2) is 14.1 Å². The molecule has 1 atom stereocenters. The molecule has 1 N–H and O–H groups in total. The predicted molar refractivity (Wildman–Crippen MR) is 138 cm³/mol. The van der Waals surface area contributed by atoms with Gasteiger partial charge in [0.2, 0.25) is 0 Å². The first-order chi connectivity index (χ1) is 16.1. The molecule has 0 saturated carbocycles. The van der Waals surface area contributed by atoms with E-state index >= 15 is 0 Å². The van der Waals surface area contributed by atoms with Crippen LogP contribution in [0.15, 0.2) is 78.2 Å². The number of aromatic nitrogens is 3. The predicted octanol–water partition coefficient (Wildman–Crippen LogP) is 7.21. The Morgan fingerprint density at radius 2 is 2.00 bits per heavy atom. The second-order valence-corrected chi connectivity index (χ2v) is 8.33. The van der Waals surface area contributed by atoms with E-state index in [4.69, 9.17) is 0 Å². The topological polar surface area (TPSA) is 42.7 Å². The van der Waals surface area contributed by atoms with Gasteiger partial charge in [0.15, 0.2) is 0 Å². The van der Waals surface area contributed by atoms with Crippen molar-refractivity contribution < 1.29 is 4.39 Å². The number of nitrogens with one attached hydrogen (secondary N) is 1. The Balaban J connectivity index is 1.99. The standard InChI is InChI=1S/C27H31FN4S/c1-6-10-25(31-24(8-3)19-15-16-29-27(17-19)33-5)22(7-2)23-18-30-32(26(23)9-4)21-13-11-20(28)12-14-21/h7,9-18,24,31H,4,6,8H2,1-3,5H3/b22-7+,25-10+. The van der Waals surface area contributed by atoms with Crippen LogP contribution < -0.4 is 5.32 Å². The molecule has 0 spiro atoms. The van der Waals surface area contributed by atoms with E-state index in [1.807, 2.05) is 25.6 Å². The summed E-state index contributed by atoms with van der Waals surface area (Å²) in [6, 6.07) is 10.7. The highest BCUT2D eigenvalue weighted by atomic mass is 32.2. The quantitative estimate of drug-likeness (QED) is 0.255. The molecule has 2 aromatic heterocycles. The van der Waals surface area contributed by atoms with E-state index in [1.165, 1.54) is 17.7 Å². The zero-order chi connectivity index (χ0) is 23.8. The minimum absolute atomic E-state index is 0.144. The molecule has 4 nitrogen and oxygen atoms in total. The molecule has 2 heterocycles. The number of nitrogens with zero attached hydrogens (tertiary/aromatic N) is 3. The smallest absolute Gasteiger partial charge is 0.123 e. The summed E-state index contributed by atoms with van der Waals surface area (Å²) in [6.45, 7) is 10.4. The Kier molecular flexibility index (Phi) is 8.66. The molecule has 33 heavy (non-hydrogen) atoms. The van der Waals surface area contributed by atoms with E-state index in [0.29, 0.717) is 0 Å². The second-order valence-electron chi connectivity index (χ2n) is 7.50. The fourth-order valence-corrected chi connectivity index (χ4v) is 4.24. The van der Waals surface area contributed by atoms with Crippen LogP contribution in [0.2, 0.25) is 0 Å². The Bertz CT molecular complexity index is 1150. The van der Waals surface area contributed by atoms with Crippen LogP contribution in [0.1, 0.15) is 56.5 Å². The first kappa shape index (κ1) is 24.5. The van der Waals surface area contributed by atoms with Crippen molar-refractivity contribution >= 4 is 23.4 Å². The minimum atomic E-state index is -0.274. The van der Waals surface area contributed by atoms with E-state index in [9.17, 15) is 4.39 Å². The van der Waals surface area contributed by atoms with Gasteiger partial charge in [0.1, 0.15) is 5.82 Å². The third kappa shape index (κ3) is 5.63. The van der Waals surface area contributed by atoms with Crippen molar-refractivity contribution in [3.8, 4) is 5.69 Å². The summed E-state index contributed by atoms with van der Waals surface area (Å²) in [6.07, 6.45) is 13.7. The molecular weight excluding hydrogens is 431 g/mol. The first-order valence-electron chi connectivity index (χ1n) is 11.2. The normalized spacial score (nSPS) is 13.1. The summed E-state index contributed by atoms with van der Waals surface area (Å²) >= 11 is 1.64.